The van der Waals surface area contributed by atoms with Crippen LogP contribution in [0, 0.1) is 27.7 Å². The zero-order valence-electron chi connectivity index (χ0n) is 72.0. The molecule has 3 heterocycles. The van der Waals surface area contributed by atoms with Gasteiger partial charge in [-0.05, 0) is 177 Å². The highest BCUT2D eigenvalue weighted by Crippen LogP contribution is 2.54. The average molecular weight is 1410 g/mol. The number of fused-ring (bicyclic) bond motifs is 3. The molecule has 0 aliphatic rings. The number of aromatic nitrogens is 3. The Labute approximate surface area is 621 Å². The molecule has 546 valence electrons. The number of rotatable bonds is 6. The van der Waals surface area contributed by atoms with E-state index in [0.29, 0.717) is 0 Å². The summed E-state index contributed by atoms with van der Waals surface area (Å²) in [7, 11) is 1.09. The third kappa shape index (κ3) is 15.8. The molecule has 0 saturated heterocycles. The molecule has 3 nitrogen and oxygen atoms in total. The van der Waals surface area contributed by atoms with Crippen molar-refractivity contribution >= 4 is 72.1 Å². The van der Waals surface area contributed by atoms with Gasteiger partial charge in [0.05, 0.1) is 51.5 Å². The predicted octanol–water partition coefficient (Wildman–Crippen LogP) is 25.1. The Hall–Kier alpha value is -5.80. The molecule has 0 atom stereocenters. The van der Waals surface area contributed by atoms with Gasteiger partial charge in [-0.3, -0.25) is 0 Å². The first-order chi connectivity index (χ1) is 45.5. The van der Waals surface area contributed by atoms with Crippen molar-refractivity contribution in [3.8, 4) is 33.8 Å². The first-order valence-corrected chi connectivity index (χ1v) is 45.7. The maximum atomic E-state index is 2.59. The molecule has 0 aliphatic heterocycles. The van der Waals surface area contributed by atoms with E-state index < -0.39 is 24.2 Å². The molecule has 9 aromatic rings. The molecule has 0 amide bonds. The van der Waals surface area contributed by atoms with Gasteiger partial charge in [0.15, 0.2) is 18.6 Å². The molecule has 6 heteroatoms. The van der Waals surface area contributed by atoms with Crippen LogP contribution in [0.3, 0.4) is 0 Å². The lowest BCUT2D eigenvalue weighted by Gasteiger charge is -2.50. The van der Waals surface area contributed by atoms with Gasteiger partial charge in [-0.25, -0.2) is 13.7 Å². The van der Waals surface area contributed by atoms with Crippen molar-refractivity contribution < 1.29 is 13.7 Å². The SMILES string of the molecule is Cc1c(-c2c3ccc([Si](C)(C(C)(C)C)C(C)(C)C)cc3cc[n+]2C)cc(C(C)(C)C)cc1C(C)(C)C.Cc1cc(C(C)(C)C)cc(-c2c3ccc([Si](C)(C(C)(C)C)C(C)(C)C)cc3cc[n+]2C)c1C.Cc1ccc(C(C)(C)C)cc1-c1c2ccc([Si](C)(C(C)(C)C)C(C)(C)C)cc2cc[n+]1C. The molecule has 0 aliphatic carbocycles. The van der Waals surface area contributed by atoms with E-state index >= 15 is 0 Å². The molecule has 0 unspecified atom stereocenters. The van der Waals surface area contributed by atoms with E-state index in [-0.39, 0.29) is 51.9 Å². The maximum Gasteiger partial charge on any atom is 0.220 e. The molecule has 0 N–H and O–H groups in total. The predicted molar refractivity (Wildman–Crippen MR) is 457 cm³/mol. The van der Waals surface area contributed by atoms with Gasteiger partial charge < -0.3 is 0 Å². The van der Waals surface area contributed by atoms with Gasteiger partial charge in [-0.1, -0.05) is 304 Å². The Balaban J connectivity index is 0.000000213. The minimum Gasteiger partial charge on any atom is -0.200 e. The third-order valence-corrected chi connectivity index (χ3v) is 48.0. The second kappa shape index (κ2) is 27.6. The van der Waals surface area contributed by atoms with E-state index in [1.807, 2.05) is 0 Å². The van der Waals surface area contributed by atoms with Crippen molar-refractivity contribution in [3.05, 3.63) is 178 Å². The van der Waals surface area contributed by atoms with Gasteiger partial charge in [0, 0.05) is 23.8 Å². The quantitative estimate of drug-likeness (QED) is 0.116. The van der Waals surface area contributed by atoms with Gasteiger partial charge in [-0.2, -0.15) is 0 Å². The molecule has 0 fully saturated rings. The van der Waals surface area contributed by atoms with E-state index in [0.717, 1.165) is 0 Å². The fraction of sp³-hybridized carbons (Fsp3) is 0.526. The van der Waals surface area contributed by atoms with Crippen molar-refractivity contribution in [2.45, 2.75) is 307 Å². The van der Waals surface area contributed by atoms with Crippen molar-refractivity contribution in [1.29, 1.82) is 0 Å². The summed E-state index contributed by atoms with van der Waals surface area (Å²) in [5, 5.41) is 14.4. The smallest absolute Gasteiger partial charge is 0.200 e. The number of aryl methyl sites for hydroxylation is 5. The van der Waals surface area contributed by atoms with Gasteiger partial charge in [0.1, 0.15) is 21.1 Å². The summed E-state index contributed by atoms with van der Waals surface area (Å²) in [5.41, 5.74) is 19.5. The summed E-state index contributed by atoms with van der Waals surface area (Å²) in [6, 6.07) is 45.7. The van der Waals surface area contributed by atoms with Crippen LogP contribution in [0.5, 0.6) is 0 Å². The Morgan fingerprint density at radius 3 is 0.822 bits per heavy atom. The number of benzene rings is 6. The minimum atomic E-state index is -1.84. The summed E-state index contributed by atoms with van der Waals surface area (Å²) in [6.45, 7) is 88.5. The lowest BCUT2D eigenvalue weighted by Crippen LogP contribution is -2.58. The molecule has 0 radical (unpaired) electrons. The van der Waals surface area contributed by atoms with Crippen LogP contribution in [0.15, 0.2) is 134 Å². The van der Waals surface area contributed by atoms with Crippen LogP contribution < -0.4 is 29.3 Å². The van der Waals surface area contributed by atoms with Crippen LogP contribution >= 0.6 is 0 Å². The first-order valence-electron chi connectivity index (χ1n) is 38.2. The van der Waals surface area contributed by atoms with Crippen molar-refractivity contribution in [1.82, 2.24) is 0 Å². The van der Waals surface area contributed by atoms with E-state index in [2.05, 4.69) is 424 Å². The van der Waals surface area contributed by atoms with Crippen molar-refractivity contribution in [3.63, 3.8) is 0 Å². The van der Waals surface area contributed by atoms with Crippen LogP contribution in [-0.2, 0) is 42.8 Å². The zero-order chi connectivity index (χ0) is 77.1. The summed E-state index contributed by atoms with van der Waals surface area (Å²) in [6.07, 6.45) is 6.74. The average Bonchev–Trinajstić information content (AvgIpc) is 0.747. The standard InChI is InChI=1S/C34H52NSi.C31H46NSi.C30H44NSi/c1-23-28(21-25(31(2,3)4)22-29(23)32(5,6)7)30-27-17-16-26(20-24(27)18-19-35(30)14)36(15,33(8,9)10)34(11,12)13;1-21-18-24(29(3,4)5)20-27(22(21)2)28-26-15-14-25(19-23(26)16-17-32(28)12)33(13,30(6,7)8)31(9,10)11;1-21-13-14-23(28(2,3)4)20-26(21)27-25-16-15-24(19-22(25)17-18-31(27)11)32(12,29(5,6)7)30(8,9)10/h16-22H,1-15H3;14-20H,1-13H3;13-20H,1-12H3/q3*+1. The van der Waals surface area contributed by atoms with Crippen LogP contribution in [0.4, 0.5) is 0 Å². The topological polar surface area (TPSA) is 11.6 Å². The van der Waals surface area contributed by atoms with Gasteiger partial charge in [-0.15, -0.1) is 0 Å². The molecule has 3 aromatic heterocycles. The maximum absolute atomic E-state index is 2.59. The highest BCUT2D eigenvalue weighted by Gasteiger charge is 2.53. The fourth-order valence-electron chi connectivity index (χ4n) is 17.1. The molecule has 0 spiro atoms. The molecule has 9 rings (SSSR count). The summed E-state index contributed by atoms with van der Waals surface area (Å²) in [5.74, 6) is 0. The van der Waals surface area contributed by atoms with E-state index in [4.69, 9.17) is 0 Å². The number of hydrogen-bond donors (Lipinski definition) is 0. The molecule has 6 aromatic carbocycles. The van der Waals surface area contributed by atoms with E-state index in [1.165, 1.54) is 111 Å². The van der Waals surface area contributed by atoms with E-state index in [1.54, 1.807) is 15.6 Å². The normalized spacial score (nSPS) is 13.7. The molecule has 101 heavy (non-hydrogen) atoms. The van der Waals surface area contributed by atoms with Crippen molar-refractivity contribution in [2.24, 2.45) is 21.1 Å². The molecular weight excluding hydrogens is 1270 g/mol. The summed E-state index contributed by atoms with van der Waals surface area (Å²) < 4.78 is 6.93. The Morgan fingerprint density at radius 2 is 0.535 bits per heavy atom. The second-order valence-corrected chi connectivity index (χ2v) is 59.3. The molecular formula is C95H142N3Si3+3. The number of hydrogen-bond acceptors (Lipinski definition) is 0. The van der Waals surface area contributed by atoms with Gasteiger partial charge in [0.2, 0.25) is 17.1 Å². The lowest BCUT2D eigenvalue weighted by atomic mass is 9.76. The van der Waals surface area contributed by atoms with Crippen LogP contribution in [0.2, 0.25) is 49.9 Å². The zero-order valence-corrected chi connectivity index (χ0v) is 75.0. The summed E-state index contributed by atoms with van der Waals surface area (Å²) in [4.78, 5) is 0. The highest BCUT2D eigenvalue weighted by molar-refractivity contribution is 6.96. The Kier molecular flexibility index (Phi) is 22.5. The fourth-order valence-corrected chi connectivity index (χ4v) is 31.6. The van der Waals surface area contributed by atoms with Gasteiger partial charge >= 0.3 is 0 Å². The third-order valence-electron chi connectivity index (χ3n) is 25.6. The Bertz CT molecular complexity index is 4520. The van der Waals surface area contributed by atoms with Crippen LogP contribution in [-0.4, -0.2) is 24.2 Å². The number of nitrogens with zero attached hydrogens (tertiary/aromatic N) is 3. The Morgan fingerprint density at radius 1 is 0.257 bits per heavy atom. The van der Waals surface area contributed by atoms with Crippen LogP contribution in [0.25, 0.3) is 66.1 Å². The lowest BCUT2D eigenvalue weighted by molar-refractivity contribution is -0.659. The molecule has 0 saturated carbocycles. The summed E-state index contributed by atoms with van der Waals surface area (Å²) >= 11 is 0. The van der Waals surface area contributed by atoms with Gasteiger partial charge in [0.25, 0.3) is 0 Å². The largest absolute Gasteiger partial charge is 0.220 e. The van der Waals surface area contributed by atoms with E-state index in [9.17, 15) is 0 Å². The highest BCUT2D eigenvalue weighted by atomic mass is 28.3. The van der Waals surface area contributed by atoms with Crippen LogP contribution in [0.1, 0.15) is 252 Å². The second-order valence-electron chi connectivity index (χ2n) is 41.8. The first kappa shape index (κ1) is 82.5. The monoisotopic (exact) mass is 1410 g/mol. The minimum absolute atomic E-state index is 0.0866. The number of pyridine rings is 3. The molecule has 0 bridgehead atoms. The van der Waals surface area contributed by atoms with Crippen molar-refractivity contribution in [2.75, 3.05) is 0 Å².